The lowest BCUT2D eigenvalue weighted by Gasteiger charge is -2.14. The van der Waals surface area contributed by atoms with Crippen molar-refractivity contribution in [1.29, 1.82) is 0 Å². The number of hydrogen-bond acceptors (Lipinski definition) is 5. The molecule has 3 aromatic carbocycles. The van der Waals surface area contributed by atoms with Crippen LogP contribution in [0.3, 0.4) is 0 Å². The molecule has 150 valence electrons. The third-order valence-electron chi connectivity index (χ3n) is 4.64. The van der Waals surface area contributed by atoms with Gasteiger partial charge >= 0.3 is 5.97 Å². The number of carboxylic acid groups (broad SMARTS) is 1. The summed E-state index contributed by atoms with van der Waals surface area (Å²) in [6, 6.07) is 20.4. The summed E-state index contributed by atoms with van der Waals surface area (Å²) >= 11 is 0.861. The van der Waals surface area contributed by atoms with E-state index in [4.69, 9.17) is 9.84 Å². The number of imide groups is 1. The first-order valence-electron chi connectivity index (χ1n) is 9.18. The number of ether oxygens (including phenoxy) is 1. The van der Waals surface area contributed by atoms with Gasteiger partial charge in [0.15, 0.2) is 6.61 Å². The summed E-state index contributed by atoms with van der Waals surface area (Å²) in [6.07, 6.45) is 1.56. The van der Waals surface area contributed by atoms with Gasteiger partial charge in [-0.1, -0.05) is 60.7 Å². The van der Waals surface area contributed by atoms with Crippen molar-refractivity contribution in [2.45, 2.75) is 6.54 Å². The second-order valence-electron chi connectivity index (χ2n) is 6.63. The Balaban J connectivity index is 1.60. The zero-order chi connectivity index (χ0) is 21.1. The number of para-hydroxylation sites is 1. The maximum Gasteiger partial charge on any atom is 0.341 e. The summed E-state index contributed by atoms with van der Waals surface area (Å²) in [4.78, 5) is 37.7. The molecule has 1 aliphatic rings. The second kappa shape index (κ2) is 8.42. The van der Waals surface area contributed by atoms with Gasteiger partial charge in [-0.2, -0.15) is 0 Å². The quantitative estimate of drug-likeness (QED) is 0.591. The molecule has 0 aliphatic carbocycles. The van der Waals surface area contributed by atoms with Crippen molar-refractivity contribution in [3.05, 3.63) is 82.8 Å². The number of carbonyl (C=O) groups is 3. The SMILES string of the molecule is O=C(O)COc1ccccc1/C=C1/SC(=O)N(Cc2cccc3ccccc23)C1=O. The molecule has 0 aromatic heterocycles. The molecule has 2 amide bonds. The molecule has 6 nitrogen and oxygen atoms in total. The highest BCUT2D eigenvalue weighted by atomic mass is 32.2. The van der Waals surface area contributed by atoms with Crippen LogP contribution in [0.4, 0.5) is 4.79 Å². The number of hydrogen-bond donors (Lipinski definition) is 1. The Morgan fingerprint density at radius 3 is 2.57 bits per heavy atom. The topological polar surface area (TPSA) is 83.9 Å². The number of aliphatic carboxylic acids is 1. The van der Waals surface area contributed by atoms with Crippen molar-refractivity contribution in [2.24, 2.45) is 0 Å². The van der Waals surface area contributed by atoms with Gasteiger partial charge in [0.25, 0.3) is 11.1 Å². The number of rotatable bonds is 6. The molecule has 7 heteroatoms. The standard InChI is InChI=1S/C23H17NO5S/c25-21(26)14-29-19-11-4-2-7-16(19)12-20-22(27)24(23(28)30-20)13-17-9-5-8-15-6-1-3-10-18(15)17/h1-12H,13-14H2,(H,25,26)/b20-12+. The molecule has 0 bridgehead atoms. The van der Waals surface area contributed by atoms with Crippen LogP contribution in [-0.4, -0.2) is 33.7 Å². The van der Waals surface area contributed by atoms with Gasteiger partial charge in [0, 0.05) is 5.56 Å². The first-order valence-corrected chi connectivity index (χ1v) is 10.0. The minimum Gasteiger partial charge on any atom is -0.481 e. The van der Waals surface area contributed by atoms with Crippen LogP contribution in [-0.2, 0) is 16.1 Å². The fraction of sp³-hybridized carbons (Fsp3) is 0.0870. The molecule has 0 saturated carbocycles. The minimum absolute atomic E-state index is 0.181. The fourth-order valence-electron chi connectivity index (χ4n) is 3.25. The van der Waals surface area contributed by atoms with Crippen LogP contribution in [0.5, 0.6) is 5.75 Å². The summed E-state index contributed by atoms with van der Waals surface area (Å²) in [7, 11) is 0. The number of fused-ring (bicyclic) bond motifs is 1. The van der Waals surface area contributed by atoms with Gasteiger partial charge in [-0.05, 0) is 40.2 Å². The molecule has 1 saturated heterocycles. The Morgan fingerprint density at radius 2 is 1.73 bits per heavy atom. The van der Waals surface area contributed by atoms with E-state index in [0.717, 1.165) is 28.1 Å². The lowest BCUT2D eigenvalue weighted by molar-refractivity contribution is -0.139. The smallest absolute Gasteiger partial charge is 0.341 e. The molecule has 0 unspecified atom stereocenters. The van der Waals surface area contributed by atoms with E-state index in [1.165, 1.54) is 4.90 Å². The molecule has 0 spiro atoms. The maximum absolute atomic E-state index is 12.9. The average Bonchev–Trinajstić information content (AvgIpc) is 3.00. The van der Waals surface area contributed by atoms with Gasteiger partial charge in [0.1, 0.15) is 5.75 Å². The Hall–Kier alpha value is -3.58. The Bertz CT molecular complexity index is 1180. The maximum atomic E-state index is 12.9. The third kappa shape index (κ3) is 4.06. The van der Waals surface area contributed by atoms with Crippen LogP contribution in [0.2, 0.25) is 0 Å². The monoisotopic (exact) mass is 419 g/mol. The zero-order valence-electron chi connectivity index (χ0n) is 15.8. The summed E-state index contributed by atoms with van der Waals surface area (Å²) in [5.41, 5.74) is 1.43. The van der Waals surface area contributed by atoms with Crippen molar-refractivity contribution in [2.75, 3.05) is 6.61 Å². The number of benzene rings is 3. The largest absolute Gasteiger partial charge is 0.481 e. The van der Waals surface area contributed by atoms with Crippen molar-refractivity contribution in [3.8, 4) is 5.75 Å². The van der Waals surface area contributed by atoms with Gasteiger partial charge in [-0.25, -0.2) is 4.79 Å². The lowest BCUT2D eigenvalue weighted by atomic mass is 10.0. The van der Waals surface area contributed by atoms with Crippen LogP contribution >= 0.6 is 11.8 Å². The van der Waals surface area contributed by atoms with Crippen molar-refractivity contribution in [3.63, 3.8) is 0 Å². The van der Waals surface area contributed by atoms with E-state index in [-0.39, 0.29) is 22.6 Å². The van der Waals surface area contributed by atoms with Crippen molar-refractivity contribution < 1.29 is 24.2 Å². The molecule has 30 heavy (non-hydrogen) atoms. The normalized spacial score (nSPS) is 15.2. The molecule has 1 heterocycles. The first kappa shape index (κ1) is 19.7. The predicted octanol–water partition coefficient (Wildman–Crippen LogP) is 4.54. The highest BCUT2D eigenvalue weighted by Crippen LogP contribution is 2.35. The van der Waals surface area contributed by atoms with E-state index in [9.17, 15) is 14.4 Å². The van der Waals surface area contributed by atoms with Crippen LogP contribution in [0.1, 0.15) is 11.1 Å². The third-order valence-corrected chi connectivity index (χ3v) is 5.55. The van der Waals surface area contributed by atoms with Crippen LogP contribution in [0, 0.1) is 0 Å². The molecular formula is C23H17NO5S. The Kier molecular flexibility index (Phi) is 5.54. The van der Waals surface area contributed by atoms with E-state index < -0.39 is 12.6 Å². The van der Waals surface area contributed by atoms with E-state index in [0.29, 0.717) is 11.3 Å². The minimum atomic E-state index is -1.10. The number of carbonyl (C=O) groups excluding carboxylic acids is 2. The van der Waals surface area contributed by atoms with Gasteiger partial charge in [0.05, 0.1) is 11.4 Å². The first-order chi connectivity index (χ1) is 14.5. The molecule has 3 aromatic rings. The second-order valence-corrected chi connectivity index (χ2v) is 7.62. The molecule has 1 fully saturated rings. The lowest BCUT2D eigenvalue weighted by Crippen LogP contribution is -2.27. The van der Waals surface area contributed by atoms with E-state index >= 15 is 0 Å². The molecular weight excluding hydrogens is 402 g/mol. The summed E-state index contributed by atoms with van der Waals surface area (Å²) in [6.45, 7) is -0.312. The van der Waals surface area contributed by atoms with Crippen LogP contribution < -0.4 is 4.74 Å². The summed E-state index contributed by atoms with van der Waals surface area (Å²) < 4.78 is 5.28. The fourth-order valence-corrected chi connectivity index (χ4v) is 4.08. The van der Waals surface area contributed by atoms with Crippen molar-refractivity contribution >= 4 is 45.7 Å². The Labute approximate surface area is 176 Å². The van der Waals surface area contributed by atoms with E-state index in [2.05, 4.69) is 0 Å². The van der Waals surface area contributed by atoms with Gasteiger partial charge < -0.3 is 9.84 Å². The highest BCUT2D eigenvalue weighted by molar-refractivity contribution is 8.18. The van der Waals surface area contributed by atoms with Crippen molar-refractivity contribution in [1.82, 2.24) is 4.90 Å². The highest BCUT2D eigenvalue weighted by Gasteiger charge is 2.35. The number of carboxylic acids is 1. The zero-order valence-corrected chi connectivity index (χ0v) is 16.6. The van der Waals surface area contributed by atoms with Gasteiger partial charge in [-0.3, -0.25) is 14.5 Å². The number of amides is 2. The molecule has 4 rings (SSSR count). The molecule has 0 atom stereocenters. The number of nitrogens with zero attached hydrogens (tertiary/aromatic N) is 1. The average molecular weight is 419 g/mol. The van der Waals surface area contributed by atoms with Crippen LogP contribution in [0.25, 0.3) is 16.8 Å². The molecule has 1 N–H and O–H groups in total. The van der Waals surface area contributed by atoms with E-state index in [1.54, 1.807) is 30.3 Å². The van der Waals surface area contributed by atoms with E-state index in [1.807, 2.05) is 42.5 Å². The number of thioether (sulfide) groups is 1. The van der Waals surface area contributed by atoms with Gasteiger partial charge in [-0.15, -0.1) is 0 Å². The molecule has 0 radical (unpaired) electrons. The predicted molar refractivity (Wildman–Crippen MR) is 115 cm³/mol. The molecule has 1 aliphatic heterocycles. The Morgan fingerprint density at radius 1 is 1.00 bits per heavy atom. The van der Waals surface area contributed by atoms with Crippen LogP contribution in [0.15, 0.2) is 71.6 Å². The summed E-state index contributed by atoms with van der Waals surface area (Å²) in [5, 5.41) is 10.5. The summed E-state index contributed by atoms with van der Waals surface area (Å²) in [5.74, 6) is -1.15. The van der Waals surface area contributed by atoms with Gasteiger partial charge in [0.2, 0.25) is 0 Å².